The summed E-state index contributed by atoms with van der Waals surface area (Å²) in [5, 5.41) is 3.92. The molecular weight excluding hydrogens is 258 g/mol. The molecule has 3 nitrogen and oxygen atoms in total. The normalized spacial score (nSPS) is 38.8. The Morgan fingerprint density at radius 3 is 2.38 bits per heavy atom. The van der Waals surface area contributed by atoms with E-state index in [0.29, 0.717) is 11.5 Å². The van der Waals surface area contributed by atoms with E-state index in [9.17, 15) is 0 Å². The molecule has 0 aromatic carbocycles. The topological polar surface area (TPSA) is 29.9 Å². The highest BCUT2D eigenvalue weighted by molar-refractivity contribution is 5.06. The Kier molecular flexibility index (Phi) is 3.56. The Hall–Kier alpha value is -0.830. The summed E-state index contributed by atoms with van der Waals surface area (Å²) >= 11 is 0. The average molecular weight is 287 g/mol. The van der Waals surface area contributed by atoms with Gasteiger partial charge in [-0.15, -0.1) is 0 Å². The predicted molar refractivity (Wildman–Crippen MR) is 84.9 cm³/mol. The first-order valence-corrected chi connectivity index (χ1v) is 8.96. The van der Waals surface area contributed by atoms with Crippen LogP contribution < -0.4 is 5.32 Å². The fourth-order valence-electron chi connectivity index (χ4n) is 6.00. The van der Waals surface area contributed by atoms with E-state index >= 15 is 0 Å². The van der Waals surface area contributed by atoms with Crippen LogP contribution in [-0.2, 0) is 6.54 Å². The molecule has 21 heavy (non-hydrogen) atoms. The number of imidazole rings is 1. The molecule has 1 aromatic rings. The van der Waals surface area contributed by atoms with Crippen LogP contribution in [0.4, 0.5) is 0 Å². The summed E-state index contributed by atoms with van der Waals surface area (Å²) in [6.45, 7) is 4.54. The third kappa shape index (κ3) is 2.54. The number of nitrogens with one attached hydrogen (secondary N) is 1. The first kappa shape index (κ1) is 13.8. The second kappa shape index (κ2) is 5.42. The van der Waals surface area contributed by atoms with Gasteiger partial charge in [-0.2, -0.15) is 0 Å². The molecule has 4 aliphatic carbocycles. The molecule has 0 aliphatic heterocycles. The number of aromatic nitrogens is 2. The van der Waals surface area contributed by atoms with Gasteiger partial charge in [0, 0.05) is 25.0 Å². The third-order valence-electron chi connectivity index (χ3n) is 6.42. The lowest BCUT2D eigenvalue weighted by Crippen LogP contribution is -2.57. The fraction of sp³-hybridized carbons (Fsp3) is 0.833. The van der Waals surface area contributed by atoms with Crippen LogP contribution in [0.2, 0.25) is 0 Å². The summed E-state index contributed by atoms with van der Waals surface area (Å²) in [5.74, 6) is 3.10. The van der Waals surface area contributed by atoms with Crippen LogP contribution in [0.3, 0.4) is 0 Å². The number of nitrogens with zero attached hydrogens (tertiary/aromatic N) is 2. The van der Waals surface area contributed by atoms with E-state index in [-0.39, 0.29) is 0 Å². The largest absolute Gasteiger partial charge is 0.336 e. The fourth-order valence-corrected chi connectivity index (χ4v) is 6.00. The predicted octanol–water partition coefficient (Wildman–Crippen LogP) is 3.47. The third-order valence-corrected chi connectivity index (χ3v) is 6.42. The molecule has 0 saturated heterocycles. The molecule has 4 saturated carbocycles. The van der Waals surface area contributed by atoms with Crippen molar-refractivity contribution in [3.05, 3.63) is 18.7 Å². The molecule has 4 aliphatic rings. The highest BCUT2D eigenvalue weighted by Crippen LogP contribution is 2.61. The van der Waals surface area contributed by atoms with E-state index in [1.807, 2.05) is 12.5 Å². The lowest BCUT2D eigenvalue weighted by Gasteiger charge is -2.59. The van der Waals surface area contributed by atoms with Gasteiger partial charge in [0.1, 0.15) is 0 Å². The lowest BCUT2D eigenvalue weighted by molar-refractivity contribution is -0.0766. The number of hydrogen-bond acceptors (Lipinski definition) is 2. The van der Waals surface area contributed by atoms with Gasteiger partial charge in [-0.25, -0.2) is 4.98 Å². The summed E-state index contributed by atoms with van der Waals surface area (Å²) in [5.41, 5.74) is 0.578. The minimum atomic E-state index is 0.578. The molecule has 1 heterocycles. The molecule has 0 radical (unpaired) electrons. The molecule has 1 unspecified atom stereocenters. The summed E-state index contributed by atoms with van der Waals surface area (Å²) in [6, 6.07) is 0.639. The Morgan fingerprint density at radius 2 is 1.86 bits per heavy atom. The molecule has 1 atom stereocenters. The van der Waals surface area contributed by atoms with Gasteiger partial charge in [-0.05, 0) is 74.7 Å². The van der Waals surface area contributed by atoms with Crippen molar-refractivity contribution >= 4 is 0 Å². The Morgan fingerprint density at radius 1 is 1.19 bits per heavy atom. The van der Waals surface area contributed by atoms with Gasteiger partial charge >= 0.3 is 0 Å². The molecule has 1 N–H and O–H groups in total. The van der Waals surface area contributed by atoms with Crippen LogP contribution in [0, 0.1) is 23.2 Å². The number of hydrogen-bond donors (Lipinski definition) is 1. The Balaban J connectivity index is 1.56. The van der Waals surface area contributed by atoms with Crippen molar-refractivity contribution in [1.29, 1.82) is 0 Å². The van der Waals surface area contributed by atoms with Crippen LogP contribution >= 0.6 is 0 Å². The standard InChI is InChI=1S/C18H29N3/c1-2-3-20-17(12-21-5-4-19-13-21)18-9-14-6-15(10-18)8-16(7-14)11-18/h4-5,13-17,20H,2-3,6-12H2,1H3. The molecule has 5 rings (SSSR count). The van der Waals surface area contributed by atoms with Gasteiger partial charge in [-0.1, -0.05) is 6.92 Å². The summed E-state index contributed by atoms with van der Waals surface area (Å²) in [6.07, 6.45) is 16.3. The first-order chi connectivity index (χ1) is 10.3. The molecule has 1 aromatic heterocycles. The van der Waals surface area contributed by atoms with Crippen LogP contribution in [-0.4, -0.2) is 22.1 Å². The maximum Gasteiger partial charge on any atom is 0.0946 e. The summed E-state index contributed by atoms with van der Waals surface area (Å²) in [7, 11) is 0. The Bertz CT molecular complexity index is 430. The zero-order valence-electron chi connectivity index (χ0n) is 13.3. The van der Waals surface area contributed by atoms with Gasteiger partial charge in [0.25, 0.3) is 0 Å². The van der Waals surface area contributed by atoms with E-state index < -0.39 is 0 Å². The van der Waals surface area contributed by atoms with Gasteiger partial charge in [0.2, 0.25) is 0 Å². The molecule has 0 spiro atoms. The maximum atomic E-state index is 4.24. The molecule has 3 heteroatoms. The smallest absolute Gasteiger partial charge is 0.0946 e. The van der Waals surface area contributed by atoms with E-state index in [2.05, 4.69) is 28.0 Å². The van der Waals surface area contributed by atoms with Gasteiger partial charge in [0.05, 0.1) is 6.33 Å². The van der Waals surface area contributed by atoms with Crippen LogP contribution in [0.5, 0.6) is 0 Å². The monoisotopic (exact) mass is 287 g/mol. The molecule has 4 fully saturated rings. The molecule has 0 amide bonds. The van der Waals surface area contributed by atoms with E-state index in [1.165, 1.54) is 44.9 Å². The minimum absolute atomic E-state index is 0.578. The number of rotatable bonds is 6. The highest BCUT2D eigenvalue weighted by atomic mass is 15.1. The van der Waals surface area contributed by atoms with Crippen molar-refractivity contribution in [2.75, 3.05) is 6.54 Å². The van der Waals surface area contributed by atoms with Gasteiger partial charge in [-0.3, -0.25) is 0 Å². The highest BCUT2D eigenvalue weighted by Gasteiger charge is 2.53. The summed E-state index contributed by atoms with van der Waals surface area (Å²) < 4.78 is 2.28. The average Bonchev–Trinajstić information content (AvgIpc) is 2.94. The van der Waals surface area contributed by atoms with E-state index in [1.54, 1.807) is 0 Å². The van der Waals surface area contributed by atoms with Crippen molar-refractivity contribution in [1.82, 2.24) is 14.9 Å². The van der Waals surface area contributed by atoms with Crippen LogP contribution in [0.15, 0.2) is 18.7 Å². The second-order valence-electron chi connectivity index (χ2n) is 8.05. The molecule has 116 valence electrons. The molecular formula is C18H29N3. The SMILES string of the molecule is CCCNC(Cn1ccnc1)C12CC3CC(CC(C3)C1)C2. The van der Waals surface area contributed by atoms with Crippen molar-refractivity contribution in [3.63, 3.8) is 0 Å². The minimum Gasteiger partial charge on any atom is -0.336 e. The van der Waals surface area contributed by atoms with E-state index in [4.69, 9.17) is 0 Å². The van der Waals surface area contributed by atoms with Crippen LogP contribution in [0.25, 0.3) is 0 Å². The van der Waals surface area contributed by atoms with Crippen LogP contribution in [0.1, 0.15) is 51.9 Å². The van der Waals surface area contributed by atoms with Crippen molar-refractivity contribution in [2.45, 2.75) is 64.5 Å². The van der Waals surface area contributed by atoms with Gasteiger partial charge in [0.15, 0.2) is 0 Å². The van der Waals surface area contributed by atoms with E-state index in [0.717, 1.165) is 30.8 Å². The van der Waals surface area contributed by atoms with Crippen molar-refractivity contribution < 1.29 is 0 Å². The lowest BCUT2D eigenvalue weighted by atomic mass is 9.47. The quantitative estimate of drug-likeness (QED) is 0.868. The van der Waals surface area contributed by atoms with Gasteiger partial charge < -0.3 is 9.88 Å². The van der Waals surface area contributed by atoms with Crippen molar-refractivity contribution in [3.8, 4) is 0 Å². The second-order valence-corrected chi connectivity index (χ2v) is 8.05. The summed E-state index contributed by atoms with van der Waals surface area (Å²) in [4.78, 5) is 4.24. The Labute approximate surface area is 128 Å². The maximum absolute atomic E-state index is 4.24. The first-order valence-electron chi connectivity index (χ1n) is 8.96. The zero-order chi connectivity index (χ0) is 14.3. The molecule has 4 bridgehead atoms. The van der Waals surface area contributed by atoms with Crippen molar-refractivity contribution in [2.24, 2.45) is 23.2 Å². The zero-order valence-corrected chi connectivity index (χ0v) is 13.3.